The van der Waals surface area contributed by atoms with Gasteiger partial charge in [0.25, 0.3) is 0 Å². The van der Waals surface area contributed by atoms with Crippen molar-refractivity contribution in [1.82, 2.24) is 0 Å². The van der Waals surface area contributed by atoms with Crippen LogP contribution in [0.3, 0.4) is 0 Å². The van der Waals surface area contributed by atoms with E-state index in [-0.39, 0.29) is 6.10 Å². The molecule has 1 nitrogen and oxygen atoms in total. The highest BCUT2D eigenvalue weighted by Crippen LogP contribution is 2.04. The normalized spacial score (nSPS) is 13.7. The number of aliphatic hydroxyl groups excluding tert-OH is 1. The van der Waals surface area contributed by atoms with E-state index in [2.05, 4.69) is 13.3 Å². The highest BCUT2D eigenvalue weighted by Gasteiger charge is 1.99. The summed E-state index contributed by atoms with van der Waals surface area (Å²) < 4.78 is 0. The SMILES string of the molecule is C[CH]CCC(O)CCC. The summed E-state index contributed by atoms with van der Waals surface area (Å²) in [6, 6.07) is 0. The Labute approximate surface area is 58.1 Å². The summed E-state index contributed by atoms with van der Waals surface area (Å²) in [7, 11) is 0. The molecule has 0 fully saturated rings. The van der Waals surface area contributed by atoms with Crippen LogP contribution in [0.2, 0.25) is 0 Å². The minimum atomic E-state index is -0.0637. The lowest BCUT2D eigenvalue weighted by atomic mass is 10.1. The van der Waals surface area contributed by atoms with Crippen LogP contribution in [0.25, 0.3) is 0 Å². The van der Waals surface area contributed by atoms with Crippen LogP contribution >= 0.6 is 0 Å². The van der Waals surface area contributed by atoms with Gasteiger partial charge in [0.2, 0.25) is 0 Å². The molecule has 0 heterocycles. The third-order valence-corrected chi connectivity index (χ3v) is 1.41. The maximum atomic E-state index is 9.16. The van der Waals surface area contributed by atoms with Crippen LogP contribution < -0.4 is 0 Å². The molecule has 0 spiro atoms. The van der Waals surface area contributed by atoms with Crippen molar-refractivity contribution >= 4 is 0 Å². The molecule has 1 unspecified atom stereocenters. The zero-order chi connectivity index (χ0) is 7.11. The third-order valence-electron chi connectivity index (χ3n) is 1.41. The molecule has 0 aliphatic carbocycles. The second kappa shape index (κ2) is 6.09. The first-order valence-corrected chi connectivity index (χ1v) is 3.77. The van der Waals surface area contributed by atoms with E-state index in [0.717, 1.165) is 25.7 Å². The second-order valence-corrected chi connectivity index (χ2v) is 2.43. The average Bonchev–Trinajstić information content (AvgIpc) is 1.85. The number of rotatable bonds is 5. The van der Waals surface area contributed by atoms with Gasteiger partial charge in [-0.15, -0.1) is 0 Å². The Morgan fingerprint density at radius 2 is 2.11 bits per heavy atom. The molecular formula is C8H17O. The van der Waals surface area contributed by atoms with E-state index in [4.69, 9.17) is 5.11 Å². The summed E-state index contributed by atoms with van der Waals surface area (Å²) in [6.07, 6.45) is 6.05. The Kier molecular flexibility index (Phi) is 6.06. The monoisotopic (exact) mass is 129 g/mol. The fourth-order valence-electron chi connectivity index (χ4n) is 0.837. The largest absolute Gasteiger partial charge is 0.393 e. The van der Waals surface area contributed by atoms with Gasteiger partial charge < -0.3 is 5.11 Å². The molecule has 0 aliphatic rings. The Balaban J connectivity index is 2.95. The van der Waals surface area contributed by atoms with Gasteiger partial charge in [-0.25, -0.2) is 0 Å². The summed E-state index contributed by atoms with van der Waals surface area (Å²) >= 11 is 0. The molecule has 0 saturated heterocycles. The molecule has 0 aromatic heterocycles. The van der Waals surface area contributed by atoms with E-state index >= 15 is 0 Å². The quantitative estimate of drug-likeness (QED) is 0.603. The standard InChI is InChI=1S/C8H17O/c1-3-5-7-8(9)6-4-2/h3,8-9H,4-7H2,1-2H3. The summed E-state index contributed by atoms with van der Waals surface area (Å²) in [5, 5.41) is 9.16. The molecule has 0 saturated carbocycles. The molecule has 1 radical (unpaired) electrons. The molecule has 0 aromatic carbocycles. The lowest BCUT2D eigenvalue weighted by Crippen LogP contribution is -2.04. The van der Waals surface area contributed by atoms with Crippen molar-refractivity contribution in [3.8, 4) is 0 Å². The van der Waals surface area contributed by atoms with Gasteiger partial charge in [0, 0.05) is 0 Å². The molecule has 1 N–H and O–H groups in total. The van der Waals surface area contributed by atoms with Gasteiger partial charge in [-0.3, -0.25) is 0 Å². The van der Waals surface area contributed by atoms with Crippen molar-refractivity contribution in [3.63, 3.8) is 0 Å². The molecule has 0 amide bonds. The Morgan fingerprint density at radius 3 is 2.56 bits per heavy atom. The van der Waals surface area contributed by atoms with Crippen LogP contribution in [0.5, 0.6) is 0 Å². The second-order valence-electron chi connectivity index (χ2n) is 2.43. The molecule has 55 valence electrons. The maximum absolute atomic E-state index is 9.16. The molecular weight excluding hydrogens is 112 g/mol. The molecule has 9 heavy (non-hydrogen) atoms. The first-order valence-electron chi connectivity index (χ1n) is 3.77. The van der Waals surface area contributed by atoms with Crippen LogP contribution in [-0.2, 0) is 0 Å². The predicted octanol–water partition coefficient (Wildman–Crippen LogP) is 2.15. The average molecular weight is 129 g/mol. The lowest BCUT2D eigenvalue weighted by molar-refractivity contribution is 0.153. The zero-order valence-electron chi connectivity index (χ0n) is 6.43. The lowest BCUT2D eigenvalue weighted by Gasteiger charge is -2.06. The third kappa shape index (κ3) is 5.84. The maximum Gasteiger partial charge on any atom is 0.0540 e. The Bertz CT molecular complexity index is 52.5. The number of hydrogen-bond donors (Lipinski definition) is 1. The molecule has 1 atom stereocenters. The van der Waals surface area contributed by atoms with E-state index in [0.29, 0.717) is 0 Å². The summed E-state index contributed by atoms with van der Waals surface area (Å²) in [5.74, 6) is 0. The fraction of sp³-hybridized carbons (Fsp3) is 0.875. The molecule has 1 heteroatoms. The van der Waals surface area contributed by atoms with Gasteiger partial charge in [0.05, 0.1) is 6.10 Å². The molecule has 0 rings (SSSR count). The Hall–Kier alpha value is -0.0400. The molecule has 0 aliphatic heterocycles. The zero-order valence-corrected chi connectivity index (χ0v) is 6.43. The van der Waals surface area contributed by atoms with Gasteiger partial charge in [0.15, 0.2) is 0 Å². The summed E-state index contributed by atoms with van der Waals surface area (Å²) in [4.78, 5) is 0. The first-order chi connectivity index (χ1) is 4.31. The van der Waals surface area contributed by atoms with Crippen LogP contribution in [-0.4, -0.2) is 11.2 Å². The highest BCUT2D eigenvalue weighted by molar-refractivity contribution is 4.61. The first kappa shape index (κ1) is 8.96. The highest BCUT2D eigenvalue weighted by atomic mass is 16.3. The van der Waals surface area contributed by atoms with Crippen molar-refractivity contribution in [2.24, 2.45) is 0 Å². The van der Waals surface area contributed by atoms with Crippen LogP contribution in [0, 0.1) is 6.42 Å². The fourth-order valence-corrected chi connectivity index (χ4v) is 0.837. The molecule has 0 aromatic rings. The van der Waals surface area contributed by atoms with Gasteiger partial charge in [-0.05, 0) is 25.7 Å². The van der Waals surface area contributed by atoms with Crippen LogP contribution in [0.1, 0.15) is 39.5 Å². The van der Waals surface area contributed by atoms with Gasteiger partial charge in [-0.2, -0.15) is 0 Å². The minimum Gasteiger partial charge on any atom is -0.393 e. The minimum absolute atomic E-state index is 0.0637. The summed E-state index contributed by atoms with van der Waals surface area (Å²) in [5.41, 5.74) is 0. The Morgan fingerprint density at radius 1 is 1.44 bits per heavy atom. The van der Waals surface area contributed by atoms with Crippen molar-refractivity contribution in [3.05, 3.63) is 6.42 Å². The predicted molar refractivity (Wildman–Crippen MR) is 40.1 cm³/mol. The van der Waals surface area contributed by atoms with Crippen molar-refractivity contribution < 1.29 is 5.11 Å². The van der Waals surface area contributed by atoms with E-state index in [1.54, 1.807) is 0 Å². The van der Waals surface area contributed by atoms with Gasteiger partial charge in [0.1, 0.15) is 0 Å². The van der Waals surface area contributed by atoms with Crippen molar-refractivity contribution in [2.45, 2.75) is 45.6 Å². The van der Waals surface area contributed by atoms with Gasteiger partial charge >= 0.3 is 0 Å². The number of unbranched alkanes of at least 4 members (excludes halogenated alkanes) is 1. The van der Waals surface area contributed by atoms with Crippen LogP contribution in [0.4, 0.5) is 0 Å². The van der Waals surface area contributed by atoms with E-state index < -0.39 is 0 Å². The van der Waals surface area contributed by atoms with Crippen molar-refractivity contribution in [1.29, 1.82) is 0 Å². The van der Waals surface area contributed by atoms with E-state index in [9.17, 15) is 0 Å². The smallest absolute Gasteiger partial charge is 0.0540 e. The number of hydrogen-bond acceptors (Lipinski definition) is 1. The van der Waals surface area contributed by atoms with Crippen LogP contribution in [0.15, 0.2) is 0 Å². The molecule has 0 bridgehead atoms. The topological polar surface area (TPSA) is 20.2 Å². The van der Waals surface area contributed by atoms with Gasteiger partial charge in [-0.1, -0.05) is 20.3 Å². The summed E-state index contributed by atoms with van der Waals surface area (Å²) in [6.45, 7) is 4.12. The van der Waals surface area contributed by atoms with E-state index in [1.807, 2.05) is 6.92 Å². The number of aliphatic hydroxyl groups is 1. The van der Waals surface area contributed by atoms with Crippen molar-refractivity contribution in [2.75, 3.05) is 0 Å². The van der Waals surface area contributed by atoms with E-state index in [1.165, 1.54) is 0 Å².